The number of ether oxygens (including phenoxy) is 2. The summed E-state index contributed by atoms with van der Waals surface area (Å²) in [5.41, 5.74) is 3.41. The largest absolute Gasteiger partial charge is 0.454 e. The molecule has 0 spiro atoms. The van der Waals surface area contributed by atoms with E-state index >= 15 is 0 Å². The molecule has 24 heavy (non-hydrogen) atoms. The van der Waals surface area contributed by atoms with Crippen LogP contribution >= 0.6 is 12.2 Å². The Morgan fingerprint density at radius 1 is 1.08 bits per heavy atom. The zero-order valence-electron chi connectivity index (χ0n) is 14.2. The molecule has 1 heterocycles. The minimum absolute atomic E-state index is 0.0521. The molecule has 0 bridgehead atoms. The van der Waals surface area contributed by atoms with Gasteiger partial charge in [0.15, 0.2) is 16.6 Å². The third-order valence-electron chi connectivity index (χ3n) is 3.87. The van der Waals surface area contributed by atoms with Crippen molar-refractivity contribution in [3.8, 4) is 11.5 Å². The van der Waals surface area contributed by atoms with Gasteiger partial charge in [-0.2, -0.15) is 0 Å². The molecule has 0 radical (unpaired) electrons. The highest BCUT2D eigenvalue weighted by Crippen LogP contribution is 2.32. The van der Waals surface area contributed by atoms with Gasteiger partial charge in [-0.3, -0.25) is 0 Å². The lowest BCUT2D eigenvalue weighted by atomic mass is 9.86. The molecule has 3 rings (SSSR count). The molecule has 1 aliphatic heterocycles. The SMILES string of the molecule is CC(C)(C)c1ccccc1NC(=S)NCc1ccc2c(c1)OCO2. The topological polar surface area (TPSA) is 42.5 Å². The van der Waals surface area contributed by atoms with Gasteiger partial charge in [-0.05, 0) is 47.0 Å². The maximum absolute atomic E-state index is 5.44. The van der Waals surface area contributed by atoms with Gasteiger partial charge in [0, 0.05) is 12.2 Å². The standard InChI is InChI=1S/C19H22N2O2S/c1-19(2,3)14-6-4-5-7-15(14)21-18(24)20-11-13-8-9-16-17(10-13)23-12-22-16/h4-10H,11-12H2,1-3H3,(H2,20,21,24). The van der Waals surface area contributed by atoms with Crippen molar-refractivity contribution in [2.45, 2.75) is 32.7 Å². The average molecular weight is 342 g/mol. The molecule has 0 saturated carbocycles. The number of benzene rings is 2. The van der Waals surface area contributed by atoms with Crippen molar-refractivity contribution >= 4 is 23.0 Å². The van der Waals surface area contributed by atoms with Crippen LogP contribution in [0.1, 0.15) is 31.9 Å². The van der Waals surface area contributed by atoms with E-state index in [1.807, 2.05) is 24.3 Å². The number of thiocarbonyl (C=S) groups is 1. The maximum atomic E-state index is 5.44. The van der Waals surface area contributed by atoms with Crippen molar-refractivity contribution in [2.75, 3.05) is 12.1 Å². The highest BCUT2D eigenvalue weighted by molar-refractivity contribution is 7.80. The van der Waals surface area contributed by atoms with E-state index in [0.29, 0.717) is 11.7 Å². The van der Waals surface area contributed by atoms with E-state index in [9.17, 15) is 0 Å². The Balaban J connectivity index is 1.63. The van der Waals surface area contributed by atoms with Crippen LogP contribution in [0.5, 0.6) is 11.5 Å². The summed E-state index contributed by atoms with van der Waals surface area (Å²) in [4.78, 5) is 0. The first-order valence-corrected chi connectivity index (χ1v) is 8.37. The van der Waals surface area contributed by atoms with E-state index in [-0.39, 0.29) is 12.2 Å². The maximum Gasteiger partial charge on any atom is 0.231 e. The smallest absolute Gasteiger partial charge is 0.231 e. The van der Waals surface area contributed by atoms with Gasteiger partial charge >= 0.3 is 0 Å². The van der Waals surface area contributed by atoms with E-state index in [1.165, 1.54) is 5.56 Å². The number of para-hydroxylation sites is 1. The molecule has 0 unspecified atom stereocenters. The van der Waals surface area contributed by atoms with Crippen LogP contribution in [0, 0.1) is 0 Å². The van der Waals surface area contributed by atoms with Gasteiger partial charge in [0.25, 0.3) is 0 Å². The van der Waals surface area contributed by atoms with Crippen LogP contribution in [0.4, 0.5) is 5.69 Å². The Labute approximate surface area is 148 Å². The number of hydrogen-bond acceptors (Lipinski definition) is 3. The molecule has 0 amide bonds. The van der Waals surface area contributed by atoms with Gasteiger partial charge in [0.1, 0.15) is 0 Å². The molecular weight excluding hydrogens is 320 g/mol. The number of nitrogens with one attached hydrogen (secondary N) is 2. The van der Waals surface area contributed by atoms with Crippen LogP contribution in [0.3, 0.4) is 0 Å². The minimum Gasteiger partial charge on any atom is -0.454 e. The lowest BCUT2D eigenvalue weighted by Crippen LogP contribution is -2.29. The zero-order chi connectivity index (χ0) is 17.2. The van der Waals surface area contributed by atoms with Crippen LogP contribution in [0.15, 0.2) is 42.5 Å². The molecule has 126 valence electrons. The van der Waals surface area contributed by atoms with Gasteiger partial charge in [-0.15, -0.1) is 0 Å². The first-order valence-electron chi connectivity index (χ1n) is 7.96. The summed E-state index contributed by atoms with van der Waals surface area (Å²) in [5, 5.41) is 7.15. The highest BCUT2D eigenvalue weighted by atomic mass is 32.1. The molecule has 0 aromatic heterocycles. The van der Waals surface area contributed by atoms with Crippen molar-refractivity contribution in [2.24, 2.45) is 0 Å². The van der Waals surface area contributed by atoms with Gasteiger partial charge in [-0.25, -0.2) is 0 Å². The average Bonchev–Trinajstić information content (AvgIpc) is 3.00. The predicted molar refractivity (Wildman–Crippen MR) is 101 cm³/mol. The molecular formula is C19H22N2O2S. The second kappa shape index (κ2) is 6.69. The first-order chi connectivity index (χ1) is 11.4. The van der Waals surface area contributed by atoms with Crippen molar-refractivity contribution < 1.29 is 9.47 Å². The normalized spacial score (nSPS) is 12.8. The molecule has 1 aliphatic rings. The summed E-state index contributed by atoms with van der Waals surface area (Å²) in [6.07, 6.45) is 0. The Hall–Kier alpha value is -2.27. The summed E-state index contributed by atoms with van der Waals surface area (Å²) in [6, 6.07) is 14.1. The number of fused-ring (bicyclic) bond motifs is 1. The van der Waals surface area contributed by atoms with Gasteiger partial charge in [-0.1, -0.05) is 45.0 Å². The summed E-state index contributed by atoms with van der Waals surface area (Å²) in [5.74, 6) is 1.57. The van der Waals surface area contributed by atoms with Gasteiger partial charge < -0.3 is 20.1 Å². The van der Waals surface area contributed by atoms with Gasteiger partial charge in [0.05, 0.1) is 0 Å². The van der Waals surface area contributed by atoms with E-state index in [2.05, 4.69) is 49.6 Å². The molecule has 0 atom stereocenters. The molecule has 2 aromatic rings. The quantitative estimate of drug-likeness (QED) is 0.819. The van der Waals surface area contributed by atoms with Crippen LogP contribution in [0.25, 0.3) is 0 Å². The zero-order valence-corrected chi connectivity index (χ0v) is 15.0. The fourth-order valence-electron chi connectivity index (χ4n) is 2.65. The van der Waals surface area contributed by atoms with E-state index in [0.717, 1.165) is 22.7 Å². The van der Waals surface area contributed by atoms with Crippen LogP contribution < -0.4 is 20.1 Å². The summed E-state index contributed by atoms with van der Waals surface area (Å²) >= 11 is 5.44. The molecule has 2 aromatic carbocycles. The fraction of sp³-hybridized carbons (Fsp3) is 0.316. The third kappa shape index (κ3) is 3.79. The Bertz CT molecular complexity index is 753. The molecule has 0 fully saturated rings. The van der Waals surface area contributed by atoms with Gasteiger partial charge in [0.2, 0.25) is 6.79 Å². The fourth-order valence-corrected chi connectivity index (χ4v) is 2.83. The summed E-state index contributed by atoms with van der Waals surface area (Å²) in [6.45, 7) is 7.49. The minimum atomic E-state index is 0.0521. The first kappa shape index (κ1) is 16.6. The second-order valence-corrected chi connectivity index (χ2v) is 7.20. The molecule has 2 N–H and O–H groups in total. The molecule has 0 aliphatic carbocycles. The number of anilines is 1. The van der Waals surface area contributed by atoms with Crippen LogP contribution in [-0.4, -0.2) is 11.9 Å². The number of rotatable bonds is 3. The second-order valence-electron chi connectivity index (χ2n) is 6.79. The van der Waals surface area contributed by atoms with E-state index in [4.69, 9.17) is 21.7 Å². The summed E-state index contributed by atoms with van der Waals surface area (Å²) < 4.78 is 10.7. The molecule has 5 heteroatoms. The van der Waals surface area contributed by atoms with Crippen molar-refractivity contribution in [1.29, 1.82) is 0 Å². The third-order valence-corrected chi connectivity index (χ3v) is 4.12. The molecule has 4 nitrogen and oxygen atoms in total. The highest BCUT2D eigenvalue weighted by Gasteiger charge is 2.18. The number of hydrogen-bond donors (Lipinski definition) is 2. The lowest BCUT2D eigenvalue weighted by molar-refractivity contribution is 0.174. The predicted octanol–water partition coefficient (Wildman–Crippen LogP) is 4.20. The summed E-state index contributed by atoms with van der Waals surface area (Å²) in [7, 11) is 0. The molecule has 0 saturated heterocycles. The Kier molecular flexibility index (Phi) is 4.62. The van der Waals surface area contributed by atoms with Crippen molar-refractivity contribution in [1.82, 2.24) is 5.32 Å². The Morgan fingerprint density at radius 2 is 1.83 bits per heavy atom. The van der Waals surface area contributed by atoms with E-state index in [1.54, 1.807) is 0 Å². The van der Waals surface area contributed by atoms with Crippen molar-refractivity contribution in [3.63, 3.8) is 0 Å². The Morgan fingerprint density at radius 3 is 2.62 bits per heavy atom. The lowest BCUT2D eigenvalue weighted by Gasteiger charge is -2.23. The van der Waals surface area contributed by atoms with Crippen molar-refractivity contribution in [3.05, 3.63) is 53.6 Å². The van der Waals surface area contributed by atoms with E-state index < -0.39 is 0 Å². The van der Waals surface area contributed by atoms with Crippen LogP contribution in [0.2, 0.25) is 0 Å². The van der Waals surface area contributed by atoms with Crippen LogP contribution in [-0.2, 0) is 12.0 Å². The monoisotopic (exact) mass is 342 g/mol.